The van der Waals surface area contributed by atoms with Crippen LogP contribution in [0.5, 0.6) is 0 Å². The zero-order chi connectivity index (χ0) is 15.2. The van der Waals surface area contributed by atoms with Gasteiger partial charge in [0.25, 0.3) is 0 Å². The topological polar surface area (TPSA) is 46.2 Å². The molecule has 0 heterocycles. The summed E-state index contributed by atoms with van der Waals surface area (Å²) in [4.78, 5) is 11.9. The van der Waals surface area contributed by atoms with Gasteiger partial charge in [-0.3, -0.25) is 9.00 Å². The third-order valence-electron chi connectivity index (χ3n) is 3.95. The van der Waals surface area contributed by atoms with E-state index >= 15 is 0 Å². The van der Waals surface area contributed by atoms with E-state index in [1.165, 1.54) is 6.07 Å². The van der Waals surface area contributed by atoms with Crippen molar-refractivity contribution in [3.05, 3.63) is 35.6 Å². The van der Waals surface area contributed by atoms with Gasteiger partial charge in [-0.2, -0.15) is 0 Å². The van der Waals surface area contributed by atoms with E-state index in [1.807, 2.05) is 0 Å². The smallest absolute Gasteiger partial charge is 0.232 e. The van der Waals surface area contributed by atoms with Crippen molar-refractivity contribution in [2.45, 2.75) is 44.4 Å². The van der Waals surface area contributed by atoms with Gasteiger partial charge in [-0.1, -0.05) is 25.1 Å². The number of amides is 1. The highest BCUT2D eigenvalue weighted by Crippen LogP contribution is 2.23. The number of carbonyl (C=O) groups excluding carboxylic acids is 1. The molecular formula is C16H22FNO2S. The lowest BCUT2D eigenvalue weighted by atomic mass is 9.87. The lowest BCUT2D eigenvalue weighted by Crippen LogP contribution is -2.39. The Hall–Kier alpha value is -1.23. The van der Waals surface area contributed by atoms with E-state index in [-0.39, 0.29) is 29.3 Å². The van der Waals surface area contributed by atoms with Crippen LogP contribution in [0.2, 0.25) is 0 Å². The fourth-order valence-electron chi connectivity index (χ4n) is 2.66. The summed E-state index contributed by atoms with van der Waals surface area (Å²) in [7, 11) is -1.37. The monoisotopic (exact) mass is 311 g/mol. The first-order chi connectivity index (χ1) is 10.0. The van der Waals surface area contributed by atoms with Crippen LogP contribution < -0.4 is 5.32 Å². The highest BCUT2D eigenvalue weighted by atomic mass is 32.2. The summed E-state index contributed by atoms with van der Waals surface area (Å²) in [5.74, 6) is 0.201. The summed E-state index contributed by atoms with van der Waals surface area (Å²) >= 11 is 0. The van der Waals surface area contributed by atoms with Crippen LogP contribution in [0.15, 0.2) is 24.3 Å². The molecule has 1 aromatic rings. The van der Waals surface area contributed by atoms with Gasteiger partial charge in [0, 0.05) is 22.4 Å². The van der Waals surface area contributed by atoms with E-state index in [0.717, 1.165) is 31.6 Å². The minimum atomic E-state index is -1.37. The molecule has 1 fully saturated rings. The fourth-order valence-corrected chi connectivity index (χ4v) is 3.72. The number of nitrogens with one attached hydrogen (secondary N) is 1. The van der Waals surface area contributed by atoms with Gasteiger partial charge in [0.15, 0.2) is 0 Å². The third-order valence-corrected chi connectivity index (χ3v) is 5.16. The van der Waals surface area contributed by atoms with Crippen LogP contribution in [0, 0.1) is 11.7 Å². The quantitative estimate of drug-likeness (QED) is 0.909. The molecule has 3 nitrogen and oxygen atoms in total. The Kier molecular flexibility index (Phi) is 5.91. The van der Waals surface area contributed by atoms with E-state index in [1.54, 1.807) is 18.2 Å². The Morgan fingerprint density at radius 3 is 2.62 bits per heavy atom. The van der Waals surface area contributed by atoms with Gasteiger partial charge < -0.3 is 5.32 Å². The van der Waals surface area contributed by atoms with Gasteiger partial charge in [-0.15, -0.1) is 0 Å². The van der Waals surface area contributed by atoms with Gasteiger partial charge in [-0.05, 0) is 37.7 Å². The van der Waals surface area contributed by atoms with Crippen molar-refractivity contribution in [1.29, 1.82) is 0 Å². The molecule has 0 radical (unpaired) electrons. The molecule has 0 saturated heterocycles. The summed E-state index contributed by atoms with van der Waals surface area (Å²) < 4.78 is 25.4. The first-order valence-corrected chi connectivity index (χ1v) is 8.91. The third kappa shape index (κ3) is 5.23. The van der Waals surface area contributed by atoms with Crippen LogP contribution in [-0.4, -0.2) is 21.9 Å². The Labute approximate surface area is 127 Å². The molecule has 2 rings (SSSR count). The van der Waals surface area contributed by atoms with Crippen LogP contribution in [0.25, 0.3) is 0 Å². The largest absolute Gasteiger partial charge is 0.353 e. The number of carbonyl (C=O) groups is 1. The maximum Gasteiger partial charge on any atom is 0.232 e. The normalized spacial score (nSPS) is 23.5. The summed E-state index contributed by atoms with van der Waals surface area (Å²) in [6, 6.07) is 6.46. The molecule has 0 bridgehead atoms. The van der Waals surface area contributed by atoms with Gasteiger partial charge in [0.1, 0.15) is 11.6 Å². The molecule has 1 N–H and O–H groups in total. The van der Waals surface area contributed by atoms with Crippen molar-refractivity contribution in [2.75, 3.05) is 5.75 Å². The second-order valence-corrected chi connectivity index (χ2v) is 7.30. The molecule has 0 aromatic heterocycles. The minimum absolute atomic E-state index is 0.0552. The average Bonchev–Trinajstić information content (AvgIpc) is 2.44. The molecule has 1 atom stereocenters. The molecule has 0 aliphatic heterocycles. The molecular weight excluding hydrogens is 289 g/mol. The van der Waals surface area contributed by atoms with Crippen LogP contribution >= 0.6 is 0 Å². The number of halogens is 1. The van der Waals surface area contributed by atoms with Gasteiger partial charge >= 0.3 is 0 Å². The Morgan fingerprint density at radius 2 is 1.95 bits per heavy atom. The number of hydrogen-bond acceptors (Lipinski definition) is 2. The zero-order valence-corrected chi connectivity index (χ0v) is 13.1. The van der Waals surface area contributed by atoms with Crippen molar-refractivity contribution in [1.82, 2.24) is 5.32 Å². The Bertz CT molecular complexity index is 513. The number of benzene rings is 1. The van der Waals surface area contributed by atoms with E-state index in [4.69, 9.17) is 0 Å². The predicted molar refractivity (Wildman–Crippen MR) is 82.7 cm³/mol. The highest BCUT2D eigenvalue weighted by Gasteiger charge is 2.20. The van der Waals surface area contributed by atoms with Crippen molar-refractivity contribution in [3.8, 4) is 0 Å². The standard InChI is InChI=1S/C16H22FNO2S/c1-12-6-8-14(9-7-12)18-16(19)11-21(20)10-13-4-2-3-5-15(13)17/h2-5,12,14H,6-11H2,1H3,(H,18,19)/t12?,14?,21-/m1/s1. The maximum atomic E-state index is 13.5. The van der Waals surface area contributed by atoms with Gasteiger partial charge in [-0.25, -0.2) is 4.39 Å². The molecule has 116 valence electrons. The molecule has 1 amide bonds. The van der Waals surface area contributed by atoms with Crippen LogP contribution in [0.1, 0.15) is 38.2 Å². The molecule has 1 saturated carbocycles. The molecule has 1 aliphatic carbocycles. The molecule has 0 unspecified atom stereocenters. The fraction of sp³-hybridized carbons (Fsp3) is 0.562. The molecule has 1 aromatic carbocycles. The Morgan fingerprint density at radius 1 is 1.29 bits per heavy atom. The SMILES string of the molecule is CC1CCC(NC(=O)C[S@](=O)Cc2ccccc2F)CC1. The first kappa shape index (κ1) is 16.1. The van der Waals surface area contributed by atoms with Crippen molar-refractivity contribution in [2.24, 2.45) is 5.92 Å². The Balaban J connectivity index is 1.77. The number of rotatable bonds is 5. The first-order valence-electron chi connectivity index (χ1n) is 7.42. The van der Waals surface area contributed by atoms with Crippen LogP contribution in [0.3, 0.4) is 0 Å². The van der Waals surface area contributed by atoms with Crippen molar-refractivity contribution >= 4 is 16.7 Å². The maximum absolute atomic E-state index is 13.5. The highest BCUT2D eigenvalue weighted by molar-refractivity contribution is 7.84. The second-order valence-electron chi connectivity index (χ2n) is 5.84. The summed E-state index contributed by atoms with van der Waals surface area (Å²) in [5, 5.41) is 2.94. The second kappa shape index (κ2) is 7.69. The van der Waals surface area contributed by atoms with Crippen LogP contribution in [-0.2, 0) is 21.3 Å². The van der Waals surface area contributed by atoms with E-state index < -0.39 is 10.8 Å². The van der Waals surface area contributed by atoms with E-state index in [9.17, 15) is 13.4 Å². The molecule has 0 spiro atoms. The van der Waals surface area contributed by atoms with Gasteiger partial charge in [0.2, 0.25) is 5.91 Å². The average molecular weight is 311 g/mol. The lowest BCUT2D eigenvalue weighted by Gasteiger charge is -2.26. The predicted octanol–water partition coefficient (Wildman–Crippen LogP) is 2.77. The van der Waals surface area contributed by atoms with Crippen molar-refractivity contribution < 1.29 is 13.4 Å². The molecule has 5 heteroatoms. The number of hydrogen-bond donors (Lipinski definition) is 1. The van der Waals surface area contributed by atoms with Crippen molar-refractivity contribution in [3.63, 3.8) is 0 Å². The van der Waals surface area contributed by atoms with Gasteiger partial charge in [0.05, 0.1) is 5.75 Å². The molecule has 1 aliphatic rings. The molecule has 21 heavy (non-hydrogen) atoms. The van der Waals surface area contributed by atoms with E-state index in [2.05, 4.69) is 12.2 Å². The minimum Gasteiger partial charge on any atom is -0.353 e. The summed E-state index contributed by atoms with van der Waals surface area (Å²) in [6.07, 6.45) is 4.24. The summed E-state index contributed by atoms with van der Waals surface area (Å²) in [6.45, 7) is 2.22. The van der Waals surface area contributed by atoms with Crippen LogP contribution in [0.4, 0.5) is 4.39 Å². The zero-order valence-electron chi connectivity index (χ0n) is 12.3. The van der Waals surface area contributed by atoms with E-state index in [0.29, 0.717) is 5.56 Å². The lowest BCUT2D eigenvalue weighted by molar-refractivity contribution is -0.119. The summed E-state index contributed by atoms with van der Waals surface area (Å²) in [5.41, 5.74) is 0.398.